The van der Waals surface area contributed by atoms with Crippen LogP contribution in [-0.4, -0.2) is 23.2 Å². The lowest BCUT2D eigenvalue weighted by Crippen LogP contribution is -2.12. The highest BCUT2D eigenvalue weighted by Crippen LogP contribution is 2.01. The topological polar surface area (TPSA) is 15.6 Å². The lowest BCUT2D eigenvalue weighted by Gasteiger charge is -2.05. The van der Waals surface area contributed by atoms with Crippen LogP contribution < -0.4 is 0 Å². The summed E-state index contributed by atoms with van der Waals surface area (Å²) in [5, 5.41) is 0. The normalized spacial score (nSPS) is 17.8. The van der Waals surface area contributed by atoms with Crippen LogP contribution in [0.2, 0.25) is 0 Å². The van der Waals surface area contributed by atoms with Gasteiger partial charge >= 0.3 is 0 Å². The van der Waals surface area contributed by atoms with Gasteiger partial charge in [-0.3, -0.25) is 4.99 Å². The van der Waals surface area contributed by atoms with Gasteiger partial charge in [0, 0.05) is 0 Å². The molecule has 0 aromatic rings. The Bertz CT molecular complexity index is 104. The minimum Gasteiger partial charge on any atom is -0.305 e. The SMILES string of the molecule is CC1=NCCN1S.I. The van der Waals surface area contributed by atoms with Gasteiger partial charge in [-0.25, -0.2) is 0 Å². The van der Waals surface area contributed by atoms with Gasteiger partial charge in [-0.15, -0.1) is 24.0 Å². The number of hydrogen-bond acceptors (Lipinski definition) is 3. The molecule has 0 radical (unpaired) electrons. The second-order valence-corrected chi connectivity index (χ2v) is 2.03. The van der Waals surface area contributed by atoms with Crippen LogP contribution in [0.15, 0.2) is 4.99 Å². The standard InChI is InChI=1S/C4H8N2S.HI/c1-4-5-2-3-6(4)7;/h7H,2-3H2,1H3;1H. The van der Waals surface area contributed by atoms with Crippen molar-refractivity contribution in [1.29, 1.82) is 0 Å². The molecule has 0 fully saturated rings. The van der Waals surface area contributed by atoms with Gasteiger partial charge in [-0.1, -0.05) is 12.8 Å². The van der Waals surface area contributed by atoms with E-state index in [1.807, 2.05) is 11.2 Å². The molecule has 1 aliphatic rings. The number of nitrogens with zero attached hydrogens (tertiary/aromatic N) is 2. The third kappa shape index (κ3) is 1.81. The summed E-state index contributed by atoms with van der Waals surface area (Å²) < 4.78 is 1.85. The van der Waals surface area contributed by atoms with Crippen molar-refractivity contribution < 1.29 is 0 Å². The van der Waals surface area contributed by atoms with Gasteiger partial charge in [-0.2, -0.15) is 0 Å². The summed E-state index contributed by atoms with van der Waals surface area (Å²) in [6.07, 6.45) is 0. The van der Waals surface area contributed by atoms with Gasteiger partial charge in [-0.05, 0) is 6.92 Å². The molecule has 4 heteroatoms. The van der Waals surface area contributed by atoms with Crippen LogP contribution in [0.1, 0.15) is 6.92 Å². The zero-order chi connectivity index (χ0) is 5.28. The van der Waals surface area contributed by atoms with E-state index in [4.69, 9.17) is 0 Å². The minimum atomic E-state index is 0. The molecule has 0 N–H and O–H groups in total. The molecule has 8 heavy (non-hydrogen) atoms. The monoisotopic (exact) mass is 244 g/mol. The van der Waals surface area contributed by atoms with Crippen molar-refractivity contribution >= 4 is 42.6 Å². The number of hydrogen-bond donors (Lipinski definition) is 1. The maximum absolute atomic E-state index is 4.09. The van der Waals surface area contributed by atoms with E-state index in [-0.39, 0.29) is 24.0 Å². The summed E-state index contributed by atoms with van der Waals surface area (Å²) in [4.78, 5) is 4.08. The Morgan fingerprint density at radius 3 is 2.50 bits per heavy atom. The highest BCUT2D eigenvalue weighted by atomic mass is 127. The smallest absolute Gasteiger partial charge is 0.106 e. The predicted octanol–water partition coefficient (Wildman–Crippen LogP) is 1.18. The van der Waals surface area contributed by atoms with Crippen molar-refractivity contribution in [3.63, 3.8) is 0 Å². The number of thiol groups is 1. The molecule has 0 aromatic carbocycles. The van der Waals surface area contributed by atoms with Crippen LogP contribution in [0.25, 0.3) is 0 Å². The Kier molecular flexibility index (Phi) is 3.80. The molecule has 0 saturated heterocycles. The lowest BCUT2D eigenvalue weighted by molar-refractivity contribution is 0.742. The summed E-state index contributed by atoms with van der Waals surface area (Å²) in [7, 11) is 0. The Hall–Kier alpha value is 0.550. The zero-order valence-corrected chi connectivity index (χ0v) is 7.89. The number of rotatable bonds is 0. The van der Waals surface area contributed by atoms with Gasteiger partial charge in [0.1, 0.15) is 5.84 Å². The van der Waals surface area contributed by atoms with Crippen molar-refractivity contribution in [2.24, 2.45) is 4.99 Å². The van der Waals surface area contributed by atoms with Gasteiger partial charge < -0.3 is 4.31 Å². The first-order valence-electron chi connectivity index (χ1n) is 2.28. The maximum Gasteiger partial charge on any atom is 0.106 e. The first-order chi connectivity index (χ1) is 3.30. The number of aliphatic imine (C=N–C) groups is 1. The molecular weight excluding hydrogens is 235 g/mol. The van der Waals surface area contributed by atoms with E-state index in [0.717, 1.165) is 18.9 Å². The summed E-state index contributed by atoms with van der Waals surface area (Å²) in [5.74, 6) is 1.03. The van der Waals surface area contributed by atoms with E-state index in [9.17, 15) is 0 Å². The van der Waals surface area contributed by atoms with Crippen LogP contribution in [-0.2, 0) is 0 Å². The highest BCUT2D eigenvalue weighted by Gasteiger charge is 2.05. The fourth-order valence-electron chi connectivity index (χ4n) is 0.550. The second-order valence-electron chi connectivity index (χ2n) is 1.55. The molecule has 0 saturated carbocycles. The van der Waals surface area contributed by atoms with Crippen molar-refractivity contribution in [3.05, 3.63) is 0 Å². The average Bonchev–Trinajstić information content (AvgIpc) is 1.91. The second kappa shape index (κ2) is 3.55. The van der Waals surface area contributed by atoms with Crippen LogP contribution >= 0.6 is 36.8 Å². The molecular formula is C4H9IN2S. The summed E-state index contributed by atoms with van der Waals surface area (Å²) in [5.41, 5.74) is 0. The van der Waals surface area contributed by atoms with Crippen molar-refractivity contribution in [1.82, 2.24) is 4.31 Å². The molecule has 1 rings (SSSR count). The molecule has 0 aromatic heterocycles. The molecule has 0 aliphatic carbocycles. The predicted molar refractivity (Wildman–Crippen MR) is 49.1 cm³/mol. The lowest BCUT2D eigenvalue weighted by atomic mass is 10.7. The van der Waals surface area contributed by atoms with E-state index in [0.29, 0.717) is 0 Å². The van der Waals surface area contributed by atoms with Gasteiger partial charge in [0.15, 0.2) is 0 Å². The van der Waals surface area contributed by atoms with Crippen molar-refractivity contribution in [2.75, 3.05) is 13.1 Å². The first-order valence-corrected chi connectivity index (χ1v) is 2.68. The Morgan fingerprint density at radius 1 is 1.75 bits per heavy atom. The van der Waals surface area contributed by atoms with Crippen LogP contribution in [0.4, 0.5) is 0 Å². The fraction of sp³-hybridized carbons (Fsp3) is 0.750. The third-order valence-corrected chi connectivity index (χ3v) is 1.52. The van der Waals surface area contributed by atoms with E-state index in [1.165, 1.54) is 0 Å². The maximum atomic E-state index is 4.09. The zero-order valence-electron chi connectivity index (χ0n) is 4.66. The fourth-order valence-corrected chi connectivity index (χ4v) is 0.703. The van der Waals surface area contributed by atoms with Crippen LogP contribution in [0, 0.1) is 0 Å². The molecule has 48 valence electrons. The summed E-state index contributed by atoms with van der Waals surface area (Å²) in [6.45, 7) is 3.84. The molecule has 1 aliphatic heterocycles. The quantitative estimate of drug-likeness (QED) is 0.499. The third-order valence-electron chi connectivity index (χ3n) is 1.03. The summed E-state index contributed by atoms with van der Waals surface area (Å²) in [6, 6.07) is 0. The molecule has 0 amide bonds. The van der Waals surface area contributed by atoms with E-state index in [1.54, 1.807) is 0 Å². The molecule has 0 atom stereocenters. The minimum absolute atomic E-state index is 0. The van der Waals surface area contributed by atoms with E-state index < -0.39 is 0 Å². The Morgan fingerprint density at radius 2 is 2.38 bits per heavy atom. The van der Waals surface area contributed by atoms with Crippen molar-refractivity contribution in [2.45, 2.75) is 6.92 Å². The molecule has 0 bridgehead atoms. The Balaban J connectivity index is 0.000000490. The van der Waals surface area contributed by atoms with Gasteiger partial charge in [0.2, 0.25) is 0 Å². The Labute approximate surface area is 71.9 Å². The first kappa shape index (κ1) is 8.55. The molecule has 2 nitrogen and oxygen atoms in total. The van der Waals surface area contributed by atoms with E-state index in [2.05, 4.69) is 17.8 Å². The number of halogens is 1. The summed E-state index contributed by atoms with van der Waals surface area (Å²) >= 11 is 4.09. The van der Waals surface area contributed by atoms with E-state index >= 15 is 0 Å². The van der Waals surface area contributed by atoms with Gasteiger partial charge in [0.25, 0.3) is 0 Å². The molecule has 1 heterocycles. The van der Waals surface area contributed by atoms with Gasteiger partial charge in [0.05, 0.1) is 13.1 Å². The molecule has 0 spiro atoms. The highest BCUT2D eigenvalue weighted by molar-refractivity contribution is 14.0. The number of amidine groups is 1. The molecule has 0 unspecified atom stereocenters. The van der Waals surface area contributed by atoms with Crippen LogP contribution in [0.3, 0.4) is 0 Å². The largest absolute Gasteiger partial charge is 0.305 e. The average molecular weight is 244 g/mol. The van der Waals surface area contributed by atoms with Crippen molar-refractivity contribution in [3.8, 4) is 0 Å². The van der Waals surface area contributed by atoms with Crippen LogP contribution in [0.5, 0.6) is 0 Å².